The van der Waals surface area contributed by atoms with Gasteiger partial charge in [-0.05, 0) is 38.8 Å². The highest BCUT2D eigenvalue weighted by Gasteiger charge is 2.28. The number of para-hydroxylation sites is 2. The third kappa shape index (κ3) is 3.62. The van der Waals surface area contributed by atoms with E-state index in [4.69, 9.17) is 0 Å². The zero-order chi connectivity index (χ0) is 18.0. The highest BCUT2D eigenvalue weighted by Crippen LogP contribution is 2.22. The quantitative estimate of drug-likeness (QED) is 0.890. The Bertz CT molecular complexity index is 801. The van der Waals surface area contributed by atoms with Crippen LogP contribution in [0, 0.1) is 19.8 Å². The van der Waals surface area contributed by atoms with Crippen LogP contribution in [0.5, 0.6) is 0 Å². The van der Waals surface area contributed by atoms with Gasteiger partial charge in [-0.15, -0.1) is 0 Å². The van der Waals surface area contributed by atoms with Crippen LogP contribution in [0.25, 0.3) is 5.69 Å². The fourth-order valence-corrected chi connectivity index (χ4v) is 3.07. The average Bonchev–Trinajstić information content (AvgIpc) is 2.93. The number of carboxylic acid groups (broad SMARTS) is 1. The topological polar surface area (TPSA) is 100 Å². The molecule has 132 valence electrons. The molecule has 8 nitrogen and oxygen atoms in total. The molecular formula is C17H21N5O3. The van der Waals surface area contributed by atoms with Crippen molar-refractivity contribution in [3.63, 3.8) is 0 Å². The van der Waals surface area contributed by atoms with E-state index in [1.54, 1.807) is 15.6 Å². The van der Waals surface area contributed by atoms with Crippen molar-refractivity contribution in [2.45, 2.75) is 26.7 Å². The lowest BCUT2D eigenvalue weighted by molar-refractivity contribution is -0.143. The monoisotopic (exact) mass is 343 g/mol. The van der Waals surface area contributed by atoms with E-state index in [9.17, 15) is 14.7 Å². The van der Waals surface area contributed by atoms with E-state index in [-0.39, 0.29) is 12.6 Å². The largest absolute Gasteiger partial charge is 0.481 e. The fraction of sp³-hybridized carbons (Fsp3) is 0.412. The van der Waals surface area contributed by atoms with Crippen LogP contribution < -0.4 is 5.32 Å². The zero-order valence-electron chi connectivity index (χ0n) is 14.3. The molecule has 2 aromatic rings. The second-order valence-corrected chi connectivity index (χ2v) is 6.19. The summed E-state index contributed by atoms with van der Waals surface area (Å²) in [5.41, 5.74) is 1.33. The molecule has 1 saturated heterocycles. The number of aromatic nitrogens is 3. The number of carbonyl (C=O) groups excluding carboxylic acids is 1. The minimum atomic E-state index is -0.855. The first kappa shape index (κ1) is 16.9. The molecule has 0 bridgehead atoms. The number of amides is 2. The molecule has 0 saturated carbocycles. The van der Waals surface area contributed by atoms with Gasteiger partial charge in [0, 0.05) is 13.1 Å². The summed E-state index contributed by atoms with van der Waals surface area (Å²) in [6, 6.07) is 7.04. The van der Waals surface area contributed by atoms with E-state index in [2.05, 4.69) is 15.4 Å². The maximum atomic E-state index is 12.6. The van der Waals surface area contributed by atoms with E-state index in [0.29, 0.717) is 30.9 Å². The smallest absolute Gasteiger partial charge is 0.321 e. The number of nitrogens with one attached hydrogen (secondary N) is 1. The number of aryl methyl sites for hydroxylation is 2. The van der Waals surface area contributed by atoms with E-state index in [1.807, 2.05) is 32.0 Å². The minimum Gasteiger partial charge on any atom is -0.481 e. The molecule has 1 unspecified atom stereocenters. The molecule has 0 radical (unpaired) electrons. The Morgan fingerprint density at radius 3 is 2.72 bits per heavy atom. The number of urea groups is 1. The lowest BCUT2D eigenvalue weighted by atomic mass is 9.99. The molecule has 1 aliphatic rings. The van der Waals surface area contributed by atoms with Gasteiger partial charge in [0.15, 0.2) is 0 Å². The Balaban J connectivity index is 1.80. The first-order valence-corrected chi connectivity index (χ1v) is 8.24. The number of nitrogens with zero attached hydrogens (tertiary/aromatic N) is 4. The second-order valence-electron chi connectivity index (χ2n) is 6.19. The van der Waals surface area contributed by atoms with Crippen LogP contribution in [0.2, 0.25) is 0 Å². The Kier molecular flexibility index (Phi) is 4.69. The van der Waals surface area contributed by atoms with Gasteiger partial charge < -0.3 is 15.3 Å². The summed E-state index contributed by atoms with van der Waals surface area (Å²) in [6.07, 6.45) is 1.29. The lowest BCUT2D eigenvalue weighted by Crippen LogP contribution is -2.44. The number of hydrogen-bond acceptors (Lipinski definition) is 4. The van der Waals surface area contributed by atoms with Crippen molar-refractivity contribution < 1.29 is 14.7 Å². The van der Waals surface area contributed by atoms with Gasteiger partial charge in [-0.1, -0.05) is 12.1 Å². The molecule has 25 heavy (non-hydrogen) atoms. The van der Waals surface area contributed by atoms with Crippen molar-refractivity contribution in [3.8, 4) is 5.69 Å². The van der Waals surface area contributed by atoms with Crippen LogP contribution in [0.15, 0.2) is 24.3 Å². The molecule has 2 amide bonds. The van der Waals surface area contributed by atoms with Crippen molar-refractivity contribution in [2.75, 3.05) is 18.4 Å². The van der Waals surface area contributed by atoms with E-state index < -0.39 is 11.9 Å². The summed E-state index contributed by atoms with van der Waals surface area (Å²) in [6.45, 7) is 4.44. The highest BCUT2D eigenvalue weighted by molar-refractivity contribution is 5.92. The molecule has 1 fully saturated rings. The predicted octanol–water partition coefficient (Wildman–Crippen LogP) is 2.21. The highest BCUT2D eigenvalue weighted by atomic mass is 16.4. The number of rotatable bonds is 3. The summed E-state index contributed by atoms with van der Waals surface area (Å²) in [4.78, 5) is 29.6. The van der Waals surface area contributed by atoms with Crippen LogP contribution in [-0.2, 0) is 4.79 Å². The van der Waals surface area contributed by atoms with Crippen molar-refractivity contribution in [1.82, 2.24) is 19.7 Å². The summed E-state index contributed by atoms with van der Waals surface area (Å²) in [5, 5.41) is 16.4. The third-order valence-electron chi connectivity index (χ3n) is 4.31. The number of likely N-dealkylation sites (tertiary alicyclic amines) is 1. The van der Waals surface area contributed by atoms with Crippen molar-refractivity contribution >= 4 is 17.7 Å². The molecule has 0 spiro atoms. The number of carbonyl (C=O) groups is 2. The number of anilines is 1. The van der Waals surface area contributed by atoms with Gasteiger partial charge in [0.25, 0.3) is 0 Å². The van der Waals surface area contributed by atoms with Crippen LogP contribution in [0.4, 0.5) is 10.5 Å². The third-order valence-corrected chi connectivity index (χ3v) is 4.31. The Hall–Kier alpha value is -2.90. The van der Waals surface area contributed by atoms with E-state index in [1.165, 1.54) is 0 Å². The second kappa shape index (κ2) is 6.92. The van der Waals surface area contributed by atoms with Crippen LogP contribution in [0.3, 0.4) is 0 Å². The van der Waals surface area contributed by atoms with Crippen molar-refractivity contribution in [2.24, 2.45) is 5.92 Å². The molecular weight excluding hydrogens is 322 g/mol. The van der Waals surface area contributed by atoms with E-state index >= 15 is 0 Å². The lowest BCUT2D eigenvalue weighted by Gasteiger charge is -2.30. The van der Waals surface area contributed by atoms with Crippen LogP contribution in [-0.4, -0.2) is 49.9 Å². The van der Waals surface area contributed by atoms with Gasteiger partial charge in [0.2, 0.25) is 0 Å². The first-order chi connectivity index (χ1) is 12.0. The Labute approximate surface area is 145 Å². The average molecular weight is 343 g/mol. The molecule has 1 atom stereocenters. The molecule has 1 aromatic heterocycles. The number of piperidine rings is 1. The normalized spacial score (nSPS) is 17.4. The fourth-order valence-electron chi connectivity index (χ4n) is 3.07. The molecule has 2 heterocycles. The number of benzene rings is 1. The standard InChI is InChI=1S/C17H21N5O3/c1-11-18-12(2)22(20-11)15-8-4-3-7-14(15)19-17(25)21-9-5-6-13(10-21)16(23)24/h3-4,7-8,13H,5-6,9-10H2,1-2H3,(H,19,25)(H,23,24). The SMILES string of the molecule is Cc1nc(C)n(-c2ccccc2NC(=O)N2CCCC(C(=O)O)C2)n1. The molecule has 1 aromatic carbocycles. The van der Waals surface area contributed by atoms with Gasteiger partial charge >= 0.3 is 12.0 Å². The van der Waals surface area contributed by atoms with Gasteiger partial charge in [0.1, 0.15) is 11.6 Å². The van der Waals surface area contributed by atoms with Crippen LogP contribution >= 0.6 is 0 Å². The molecule has 8 heteroatoms. The Morgan fingerprint density at radius 2 is 2.04 bits per heavy atom. The molecule has 2 N–H and O–H groups in total. The van der Waals surface area contributed by atoms with Gasteiger partial charge in [-0.2, -0.15) is 5.10 Å². The summed E-state index contributed by atoms with van der Waals surface area (Å²) in [7, 11) is 0. The molecule has 1 aliphatic heterocycles. The zero-order valence-corrected chi connectivity index (χ0v) is 14.3. The first-order valence-electron chi connectivity index (χ1n) is 8.24. The summed E-state index contributed by atoms with van der Waals surface area (Å²) >= 11 is 0. The molecule has 3 rings (SSSR count). The maximum absolute atomic E-state index is 12.6. The van der Waals surface area contributed by atoms with Gasteiger partial charge in [-0.3, -0.25) is 4.79 Å². The molecule has 0 aliphatic carbocycles. The van der Waals surface area contributed by atoms with Gasteiger partial charge in [-0.25, -0.2) is 14.5 Å². The van der Waals surface area contributed by atoms with Crippen molar-refractivity contribution in [3.05, 3.63) is 35.9 Å². The predicted molar refractivity (Wildman–Crippen MR) is 91.8 cm³/mol. The summed E-state index contributed by atoms with van der Waals surface area (Å²) in [5.74, 6) is 0.0173. The maximum Gasteiger partial charge on any atom is 0.321 e. The number of hydrogen-bond donors (Lipinski definition) is 2. The van der Waals surface area contributed by atoms with Gasteiger partial charge in [0.05, 0.1) is 17.3 Å². The minimum absolute atomic E-state index is 0.227. The summed E-state index contributed by atoms with van der Waals surface area (Å²) < 4.78 is 1.68. The van der Waals surface area contributed by atoms with Crippen LogP contribution in [0.1, 0.15) is 24.5 Å². The van der Waals surface area contributed by atoms with E-state index in [0.717, 1.165) is 11.5 Å². The number of aliphatic carboxylic acids is 1. The van der Waals surface area contributed by atoms with Crippen molar-refractivity contribution in [1.29, 1.82) is 0 Å². The Morgan fingerprint density at radius 1 is 1.28 bits per heavy atom. The number of carboxylic acids is 1.